The average Bonchev–Trinajstić information content (AvgIpc) is 2.40. The molecular weight excluding hydrogens is 254 g/mol. The molecule has 0 radical (unpaired) electrons. The predicted octanol–water partition coefficient (Wildman–Crippen LogP) is 4.19. The molecule has 0 aliphatic rings. The summed E-state index contributed by atoms with van der Waals surface area (Å²) < 4.78 is 0. The van der Waals surface area contributed by atoms with Crippen LogP contribution in [0.3, 0.4) is 0 Å². The van der Waals surface area contributed by atoms with E-state index in [1.165, 1.54) is 16.7 Å². The summed E-state index contributed by atoms with van der Waals surface area (Å²) in [5, 5.41) is 4.14. The van der Waals surface area contributed by atoms with Gasteiger partial charge in [-0.2, -0.15) is 0 Å². The Morgan fingerprint density at radius 2 is 1.89 bits per heavy atom. The largest absolute Gasteiger partial charge is 0.319 e. The third-order valence-corrected chi connectivity index (χ3v) is 3.76. The van der Waals surface area contributed by atoms with Crippen molar-refractivity contribution in [2.24, 2.45) is 0 Å². The molecule has 2 aromatic carbocycles. The van der Waals surface area contributed by atoms with Gasteiger partial charge >= 0.3 is 0 Å². The van der Waals surface area contributed by atoms with Crippen molar-refractivity contribution < 1.29 is 0 Å². The van der Waals surface area contributed by atoms with Crippen LogP contribution in [-0.2, 0) is 6.42 Å². The highest BCUT2D eigenvalue weighted by molar-refractivity contribution is 6.31. The quantitative estimate of drug-likeness (QED) is 0.861. The van der Waals surface area contributed by atoms with Gasteiger partial charge < -0.3 is 5.32 Å². The zero-order valence-corrected chi connectivity index (χ0v) is 12.2. The highest BCUT2D eigenvalue weighted by atomic mass is 35.5. The van der Waals surface area contributed by atoms with Crippen LogP contribution in [-0.4, -0.2) is 13.6 Å². The molecule has 1 atom stereocenters. The maximum atomic E-state index is 6.27. The second kappa shape index (κ2) is 6.74. The maximum absolute atomic E-state index is 6.27. The van der Waals surface area contributed by atoms with Crippen molar-refractivity contribution in [3.8, 4) is 0 Å². The minimum absolute atomic E-state index is 0.449. The zero-order valence-electron chi connectivity index (χ0n) is 11.5. The van der Waals surface area contributed by atoms with Crippen LogP contribution in [0, 0.1) is 6.92 Å². The summed E-state index contributed by atoms with van der Waals surface area (Å²) in [5.74, 6) is 0.449. The Bertz CT molecular complexity index is 536. The number of benzene rings is 2. The Hall–Kier alpha value is -1.31. The average molecular weight is 274 g/mol. The molecule has 1 unspecified atom stereocenters. The van der Waals surface area contributed by atoms with Gasteiger partial charge in [0.2, 0.25) is 0 Å². The topological polar surface area (TPSA) is 12.0 Å². The van der Waals surface area contributed by atoms with E-state index in [9.17, 15) is 0 Å². The molecule has 0 fully saturated rings. The number of halogens is 1. The molecule has 0 amide bonds. The molecule has 1 nitrogen and oxygen atoms in total. The van der Waals surface area contributed by atoms with Gasteiger partial charge in [-0.3, -0.25) is 0 Å². The molecule has 0 saturated heterocycles. The molecule has 0 aliphatic heterocycles. The van der Waals surface area contributed by atoms with E-state index in [-0.39, 0.29) is 0 Å². The third-order valence-electron chi connectivity index (χ3n) is 3.39. The SMILES string of the molecule is CNCC(Cc1ccccc1Cl)c1cccc(C)c1. The molecule has 2 heteroatoms. The lowest BCUT2D eigenvalue weighted by molar-refractivity contribution is 0.625. The lowest BCUT2D eigenvalue weighted by Crippen LogP contribution is -2.19. The summed E-state index contributed by atoms with van der Waals surface area (Å²) in [5.41, 5.74) is 3.89. The fourth-order valence-corrected chi connectivity index (χ4v) is 2.62. The first-order valence-electron chi connectivity index (χ1n) is 6.65. The van der Waals surface area contributed by atoms with Crippen LogP contribution in [0.25, 0.3) is 0 Å². The van der Waals surface area contributed by atoms with E-state index in [1.807, 2.05) is 25.2 Å². The fraction of sp³-hybridized carbons (Fsp3) is 0.294. The van der Waals surface area contributed by atoms with E-state index >= 15 is 0 Å². The normalized spacial score (nSPS) is 12.4. The monoisotopic (exact) mass is 273 g/mol. The molecule has 0 aromatic heterocycles. The summed E-state index contributed by atoms with van der Waals surface area (Å²) >= 11 is 6.27. The van der Waals surface area contributed by atoms with Gasteiger partial charge in [0.05, 0.1) is 0 Å². The molecule has 1 N–H and O–H groups in total. The van der Waals surface area contributed by atoms with Crippen LogP contribution in [0.4, 0.5) is 0 Å². The molecular formula is C17H20ClN. The van der Waals surface area contributed by atoms with E-state index in [1.54, 1.807) is 0 Å². The Labute approximate surface area is 120 Å². The smallest absolute Gasteiger partial charge is 0.0438 e. The Kier molecular flexibility index (Phi) is 5.00. The summed E-state index contributed by atoms with van der Waals surface area (Å²) in [6.45, 7) is 3.09. The van der Waals surface area contributed by atoms with Gasteiger partial charge in [-0.05, 0) is 37.6 Å². The third kappa shape index (κ3) is 3.82. The van der Waals surface area contributed by atoms with Gasteiger partial charge in [0.1, 0.15) is 0 Å². The van der Waals surface area contributed by atoms with Crippen molar-refractivity contribution >= 4 is 11.6 Å². The van der Waals surface area contributed by atoms with Crippen LogP contribution in [0.5, 0.6) is 0 Å². The van der Waals surface area contributed by atoms with E-state index in [0.29, 0.717) is 5.92 Å². The summed E-state index contributed by atoms with van der Waals surface area (Å²) in [6.07, 6.45) is 0.962. The Morgan fingerprint density at radius 1 is 1.11 bits per heavy atom. The van der Waals surface area contributed by atoms with Crippen LogP contribution in [0.2, 0.25) is 5.02 Å². The van der Waals surface area contributed by atoms with Crippen molar-refractivity contribution in [2.75, 3.05) is 13.6 Å². The minimum atomic E-state index is 0.449. The molecule has 0 bridgehead atoms. The van der Waals surface area contributed by atoms with Gasteiger partial charge in [0.25, 0.3) is 0 Å². The Morgan fingerprint density at radius 3 is 2.58 bits per heavy atom. The van der Waals surface area contributed by atoms with E-state index in [2.05, 4.69) is 42.6 Å². The first-order chi connectivity index (χ1) is 9.20. The summed E-state index contributed by atoms with van der Waals surface area (Å²) in [7, 11) is 2.00. The van der Waals surface area contributed by atoms with Crippen LogP contribution in [0.1, 0.15) is 22.6 Å². The van der Waals surface area contributed by atoms with Crippen LogP contribution >= 0.6 is 11.6 Å². The van der Waals surface area contributed by atoms with E-state index < -0.39 is 0 Å². The molecule has 100 valence electrons. The second-order valence-corrected chi connectivity index (χ2v) is 5.37. The van der Waals surface area contributed by atoms with Crippen LogP contribution < -0.4 is 5.32 Å². The molecule has 19 heavy (non-hydrogen) atoms. The van der Waals surface area contributed by atoms with Gasteiger partial charge in [0.15, 0.2) is 0 Å². The van der Waals surface area contributed by atoms with Gasteiger partial charge in [-0.15, -0.1) is 0 Å². The van der Waals surface area contributed by atoms with Crippen molar-refractivity contribution in [1.29, 1.82) is 0 Å². The lowest BCUT2D eigenvalue weighted by Gasteiger charge is -2.18. The zero-order chi connectivity index (χ0) is 13.7. The van der Waals surface area contributed by atoms with Crippen molar-refractivity contribution in [2.45, 2.75) is 19.3 Å². The van der Waals surface area contributed by atoms with E-state index in [4.69, 9.17) is 11.6 Å². The second-order valence-electron chi connectivity index (χ2n) is 4.96. The van der Waals surface area contributed by atoms with Crippen LogP contribution in [0.15, 0.2) is 48.5 Å². The molecule has 0 heterocycles. The molecule has 0 saturated carbocycles. The molecule has 2 rings (SSSR count). The summed E-state index contributed by atoms with van der Waals surface area (Å²) in [6, 6.07) is 16.8. The lowest BCUT2D eigenvalue weighted by atomic mass is 9.91. The molecule has 0 spiro atoms. The maximum Gasteiger partial charge on any atom is 0.0438 e. The summed E-state index contributed by atoms with van der Waals surface area (Å²) in [4.78, 5) is 0. The van der Waals surface area contributed by atoms with Gasteiger partial charge in [-0.1, -0.05) is 59.6 Å². The first-order valence-corrected chi connectivity index (χ1v) is 7.03. The number of rotatable bonds is 5. The minimum Gasteiger partial charge on any atom is -0.319 e. The number of hydrogen-bond acceptors (Lipinski definition) is 1. The number of nitrogens with one attached hydrogen (secondary N) is 1. The fourth-order valence-electron chi connectivity index (χ4n) is 2.41. The van der Waals surface area contributed by atoms with Gasteiger partial charge in [0, 0.05) is 17.5 Å². The molecule has 0 aliphatic carbocycles. The number of hydrogen-bond donors (Lipinski definition) is 1. The Balaban J connectivity index is 2.24. The standard InChI is InChI=1S/C17H20ClN/c1-13-6-5-8-14(10-13)16(12-19-2)11-15-7-3-4-9-17(15)18/h3-10,16,19H,11-12H2,1-2H3. The highest BCUT2D eigenvalue weighted by Crippen LogP contribution is 2.25. The van der Waals surface area contributed by atoms with Crippen molar-refractivity contribution in [3.63, 3.8) is 0 Å². The first kappa shape index (κ1) is 14.1. The van der Waals surface area contributed by atoms with Crippen molar-refractivity contribution in [1.82, 2.24) is 5.32 Å². The predicted molar refractivity (Wildman–Crippen MR) is 83.0 cm³/mol. The molecule has 2 aromatic rings. The van der Waals surface area contributed by atoms with E-state index in [0.717, 1.165) is 18.0 Å². The number of likely N-dealkylation sites (N-methyl/N-ethyl adjacent to an activating group) is 1. The van der Waals surface area contributed by atoms with Gasteiger partial charge in [-0.25, -0.2) is 0 Å². The van der Waals surface area contributed by atoms with Crippen molar-refractivity contribution in [3.05, 3.63) is 70.2 Å². The number of aryl methyl sites for hydroxylation is 1. The highest BCUT2D eigenvalue weighted by Gasteiger charge is 2.13.